The van der Waals surface area contributed by atoms with Crippen molar-refractivity contribution in [1.29, 1.82) is 0 Å². The van der Waals surface area contributed by atoms with Crippen LogP contribution in [0.5, 0.6) is 0 Å². The molecule has 0 radical (unpaired) electrons. The Balaban J connectivity index is 1.08. The molecule has 12 rings (SSSR count). The van der Waals surface area contributed by atoms with Crippen molar-refractivity contribution in [3.05, 3.63) is 164 Å². The molecule has 0 aliphatic rings. The monoisotopic (exact) mass is 733 g/mol. The number of nitrogens with zero attached hydrogens (tertiary/aromatic N) is 5. The molecule has 8 heteroatoms. The maximum Gasteiger partial charge on any atom is 0.180 e. The van der Waals surface area contributed by atoms with Gasteiger partial charge in [0.05, 0.1) is 0 Å². The minimum atomic E-state index is 0.548. The van der Waals surface area contributed by atoms with Gasteiger partial charge in [-0.25, -0.2) is 24.9 Å². The second-order valence-corrected chi connectivity index (χ2v) is 14.0. The van der Waals surface area contributed by atoms with Gasteiger partial charge in [-0.2, -0.15) is 0 Å². The third-order valence-electron chi connectivity index (χ3n) is 10.6. The van der Waals surface area contributed by atoms with E-state index < -0.39 is 0 Å². The minimum absolute atomic E-state index is 0.548. The highest BCUT2D eigenvalue weighted by atomic mass is 16.3. The first-order chi connectivity index (χ1) is 28.2. The molecule has 0 unspecified atom stereocenters. The van der Waals surface area contributed by atoms with E-state index in [1.807, 2.05) is 140 Å². The summed E-state index contributed by atoms with van der Waals surface area (Å²) in [5, 5.41) is 4.82. The van der Waals surface area contributed by atoms with E-state index in [1.165, 1.54) is 0 Å². The van der Waals surface area contributed by atoms with Crippen molar-refractivity contribution in [2.75, 3.05) is 0 Å². The van der Waals surface area contributed by atoms with Gasteiger partial charge in [0.1, 0.15) is 39.1 Å². The van der Waals surface area contributed by atoms with Crippen LogP contribution in [0.3, 0.4) is 0 Å². The molecule has 57 heavy (non-hydrogen) atoms. The van der Waals surface area contributed by atoms with Crippen LogP contribution in [0.15, 0.2) is 177 Å². The number of hydrogen-bond donors (Lipinski definition) is 0. The lowest BCUT2D eigenvalue weighted by atomic mass is 10.0. The van der Waals surface area contributed by atoms with E-state index >= 15 is 0 Å². The normalized spacial score (nSPS) is 11.9. The highest BCUT2D eigenvalue weighted by molar-refractivity contribution is 6.14. The van der Waals surface area contributed by atoms with Crippen LogP contribution < -0.4 is 0 Å². The summed E-state index contributed by atoms with van der Waals surface area (Å²) in [4.78, 5) is 25.4. The topological polar surface area (TPSA) is 104 Å². The predicted octanol–water partition coefficient (Wildman–Crippen LogP) is 12.7. The lowest BCUT2D eigenvalue weighted by Crippen LogP contribution is -2.00. The van der Waals surface area contributed by atoms with Crippen LogP contribution in [0.1, 0.15) is 0 Å². The SMILES string of the molecule is c1ccc(-c2nc(-c3ccccc3)nc(-c3cccc4oc5ccc(-c6nc(-c7ccc8c(c7)oc7ccccc78)nc7c6oc6ccccc67)cc5c34)n2)cc1. The number of aromatic nitrogens is 5. The Morgan fingerprint density at radius 2 is 0.895 bits per heavy atom. The Morgan fingerprint density at radius 3 is 1.67 bits per heavy atom. The smallest absolute Gasteiger partial charge is 0.180 e. The van der Waals surface area contributed by atoms with Crippen molar-refractivity contribution in [1.82, 2.24) is 24.9 Å². The van der Waals surface area contributed by atoms with Gasteiger partial charge < -0.3 is 13.3 Å². The van der Waals surface area contributed by atoms with Crippen LogP contribution in [-0.2, 0) is 0 Å². The molecule has 12 aromatic rings. The van der Waals surface area contributed by atoms with Crippen molar-refractivity contribution < 1.29 is 13.3 Å². The fourth-order valence-electron chi connectivity index (χ4n) is 7.87. The van der Waals surface area contributed by atoms with Gasteiger partial charge >= 0.3 is 0 Å². The lowest BCUT2D eigenvalue weighted by molar-refractivity contribution is 0.666. The Hall–Kier alpha value is -7.97. The number of fused-ring (bicyclic) bond motifs is 9. The van der Waals surface area contributed by atoms with Crippen LogP contribution in [0.4, 0.5) is 0 Å². The second kappa shape index (κ2) is 12.3. The summed E-state index contributed by atoms with van der Waals surface area (Å²) in [5.74, 6) is 2.29. The largest absolute Gasteiger partial charge is 0.456 e. The quantitative estimate of drug-likeness (QED) is 0.172. The first kappa shape index (κ1) is 31.4. The van der Waals surface area contributed by atoms with Crippen LogP contribution in [-0.4, -0.2) is 24.9 Å². The van der Waals surface area contributed by atoms with Crippen molar-refractivity contribution in [2.45, 2.75) is 0 Å². The zero-order chi connectivity index (χ0) is 37.5. The molecule has 0 spiro atoms. The molecule has 0 aliphatic carbocycles. The summed E-state index contributed by atoms with van der Waals surface area (Å²) in [6.45, 7) is 0. The summed E-state index contributed by atoms with van der Waals surface area (Å²) >= 11 is 0. The molecule has 0 fully saturated rings. The maximum absolute atomic E-state index is 6.53. The molecular formula is C49H27N5O3. The number of furan rings is 3. The van der Waals surface area contributed by atoms with Crippen LogP contribution in [0.2, 0.25) is 0 Å². The molecule has 7 aromatic carbocycles. The van der Waals surface area contributed by atoms with Gasteiger partial charge in [0.25, 0.3) is 0 Å². The third-order valence-corrected chi connectivity index (χ3v) is 10.6. The fraction of sp³-hybridized carbons (Fsp3) is 0. The number of para-hydroxylation sites is 2. The zero-order valence-electron chi connectivity index (χ0n) is 30.0. The van der Waals surface area contributed by atoms with Crippen molar-refractivity contribution in [3.63, 3.8) is 0 Å². The average molecular weight is 734 g/mol. The van der Waals surface area contributed by atoms with Gasteiger partial charge in [0, 0.05) is 54.7 Å². The van der Waals surface area contributed by atoms with Gasteiger partial charge in [0.2, 0.25) is 0 Å². The summed E-state index contributed by atoms with van der Waals surface area (Å²) in [6, 6.07) is 54.3. The summed E-state index contributed by atoms with van der Waals surface area (Å²) < 4.78 is 19.3. The molecule has 266 valence electrons. The van der Waals surface area contributed by atoms with Crippen molar-refractivity contribution in [2.24, 2.45) is 0 Å². The number of hydrogen-bond acceptors (Lipinski definition) is 8. The Labute approximate surface area is 323 Å². The van der Waals surface area contributed by atoms with Gasteiger partial charge in [-0.15, -0.1) is 0 Å². The molecule has 0 atom stereocenters. The predicted molar refractivity (Wildman–Crippen MR) is 224 cm³/mol. The Bertz CT molecular complexity index is 3480. The Kier molecular flexibility index (Phi) is 6.76. The number of benzene rings is 7. The summed E-state index contributed by atoms with van der Waals surface area (Å²) in [5.41, 5.74) is 10.1. The third kappa shape index (κ3) is 5.04. The molecular weight excluding hydrogens is 707 g/mol. The van der Waals surface area contributed by atoms with Crippen molar-refractivity contribution >= 4 is 65.9 Å². The highest BCUT2D eigenvalue weighted by Gasteiger charge is 2.22. The second-order valence-electron chi connectivity index (χ2n) is 14.0. The standard InChI is InChI=1S/C49H27N5O3/c1-3-12-28(13-4-1)46-52-47(29-14-5-2-6-15-29)54-49(53-46)35-18-11-21-40-42(35)36-26-30(23-25-39(36)55-40)43-45-44(34-17-8-10-20-38(34)57-45)51-48(50-43)31-22-24-33-32-16-7-9-19-37(32)56-41(33)27-31/h1-27H. The number of rotatable bonds is 5. The lowest BCUT2D eigenvalue weighted by Gasteiger charge is -2.09. The molecule has 5 aromatic heterocycles. The van der Waals surface area contributed by atoms with E-state index in [9.17, 15) is 0 Å². The van der Waals surface area contributed by atoms with E-state index in [0.717, 1.165) is 88.2 Å². The minimum Gasteiger partial charge on any atom is -0.456 e. The van der Waals surface area contributed by atoms with Gasteiger partial charge in [-0.1, -0.05) is 109 Å². The van der Waals surface area contributed by atoms with E-state index in [1.54, 1.807) is 0 Å². The summed E-state index contributed by atoms with van der Waals surface area (Å²) in [6.07, 6.45) is 0. The molecule has 0 bridgehead atoms. The van der Waals surface area contributed by atoms with E-state index in [4.69, 9.17) is 38.2 Å². The van der Waals surface area contributed by atoms with Gasteiger partial charge in [-0.3, -0.25) is 0 Å². The fourth-order valence-corrected chi connectivity index (χ4v) is 7.87. The Morgan fingerprint density at radius 1 is 0.316 bits per heavy atom. The van der Waals surface area contributed by atoms with Gasteiger partial charge in [0.15, 0.2) is 28.9 Å². The zero-order valence-corrected chi connectivity index (χ0v) is 30.0. The first-order valence-corrected chi connectivity index (χ1v) is 18.7. The van der Waals surface area contributed by atoms with E-state index in [2.05, 4.69) is 24.3 Å². The van der Waals surface area contributed by atoms with Crippen LogP contribution >= 0.6 is 0 Å². The molecule has 0 saturated heterocycles. The van der Waals surface area contributed by atoms with Crippen LogP contribution in [0, 0.1) is 0 Å². The molecule has 8 nitrogen and oxygen atoms in total. The first-order valence-electron chi connectivity index (χ1n) is 18.7. The van der Waals surface area contributed by atoms with Crippen LogP contribution in [0.25, 0.3) is 123 Å². The average Bonchev–Trinajstić information content (AvgIpc) is 3.97. The molecule has 0 N–H and O–H groups in total. The van der Waals surface area contributed by atoms with Gasteiger partial charge in [-0.05, 0) is 54.6 Å². The maximum atomic E-state index is 6.53. The highest BCUT2D eigenvalue weighted by Crippen LogP contribution is 2.41. The molecule has 0 amide bonds. The molecule has 0 saturated carbocycles. The van der Waals surface area contributed by atoms with E-state index in [-0.39, 0.29) is 0 Å². The molecule has 5 heterocycles. The van der Waals surface area contributed by atoms with E-state index in [0.29, 0.717) is 34.6 Å². The molecule has 0 aliphatic heterocycles. The summed E-state index contributed by atoms with van der Waals surface area (Å²) in [7, 11) is 0. The van der Waals surface area contributed by atoms with Crippen molar-refractivity contribution in [3.8, 4) is 56.8 Å².